The van der Waals surface area contributed by atoms with E-state index in [-0.39, 0.29) is 28.4 Å². The van der Waals surface area contributed by atoms with E-state index in [1.807, 2.05) is 0 Å². The maximum absolute atomic E-state index is 12.4. The van der Waals surface area contributed by atoms with E-state index in [0.717, 1.165) is 17.2 Å². The van der Waals surface area contributed by atoms with Gasteiger partial charge in [-0.05, 0) is 5.92 Å². The lowest BCUT2D eigenvalue weighted by Crippen LogP contribution is -2.34. The molecule has 2 saturated heterocycles. The van der Waals surface area contributed by atoms with Crippen molar-refractivity contribution in [3.8, 4) is 12.3 Å². The molecule has 2 fully saturated rings. The first-order chi connectivity index (χ1) is 21.1. The number of fused-ring (bicyclic) bond motifs is 1. The van der Waals surface area contributed by atoms with Crippen molar-refractivity contribution in [1.82, 2.24) is 29.1 Å². The predicted molar refractivity (Wildman–Crippen MR) is 143 cm³/mol. The molecule has 1 amide bonds. The number of nitrogens with zero attached hydrogens (tertiary/aromatic N) is 6. The largest absolute Gasteiger partial charge is 0.481 e. The Kier molecular flexibility index (Phi) is 9.11. The highest BCUT2D eigenvalue weighted by Gasteiger charge is 2.48. The van der Waals surface area contributed by atoms with Crippen LogP contribution in [0.2, 0.25) is 0 Å². The number of nitrogen functional groups attached to an aromatic ring is 1. The van der Waals surface area contributed by atoms with Gasteiger partial charge in [0.2, 0.25) is 0 Å². The molecular formula is C21H26N8O14P2. The molecule has 244 valence electrons. The lowest BCUT2D eigenvalue weighted by atomic mass is 10.1. The molecule has 0 spiro atoms. The maximum Gasteiger partial charge on any atom is 0.481 e. The predicted octanol–water partition coefficient (Wildman–Crippen LogP) is -3.13. The molecule has 45 heavy (non-hydrogen) atoms. The van der Waals surface area contributed by atoms with Gasteiger partial charge in [-0.1, -0.05) is 0 Å². The zero-order valence-corrected chi connectivity index (χ0v) is 24.3. The fourth-order valence-electron chi connectivity index (χ4n) is 4.64. The van der Waals surface area contributed by atoms with Crippen molar-refractivity contribution >= 4 is 38.5 Å². The van der Waals surface area contributed by atoms with E-state index in [0.29, 0.717) is 0 Å². The van der Waals surface area contributed by atoms with Crippen LogP contribution in [0.1, 0.15) is 28.6 Å². The summed E-state index contributed by atoms with van der Waals surface area (Å²) < 4.78 is 51.8. The van der Waals surface area contributed by atoms with Crippen molar-refractivity contribution in [2.75, 3.05) is 18.9 Å². The standard InChI is InChI=1S/C21H26N8O14P2/c1-2-8-11(18(23)34)26-6-28(8)20-15(32)13(30)9(41-20)3-39-44(35,36)43-45(37,38)40-4-10-14(31)16(33)21(42-10)29-7-27-12-17(22)24-5-25-19(12)29/h1,5-7,9-10,13-16,20-21,30-33H,3-4H2,(H2,23,34)(H,35,36)(H,37,38)(H2,22,24,25)/t9-,10-,13-,14-,15-,16-,20-,21-/m1/s1. The van der Waals surface area contributed by atoms with E-state index in [4.69, 9.17) is 31.9 Å². The molecule has 3 aromatic heterocycles. The van der Waals surface area contributed by atoms with Gasteiger partial charge in [0.25, 0.3) is 5.91 Å². The van der Waals surface area contributed by atoms with Gasteiger partial charge in [0.1, 0.15) is 54.2 Å². The number of aromatic nitrogens is 6. The molecule has 3 aromatic rings. The van der Waals surface area contributed by atoms with Gasteiger partial charge in [-0.25, -0.2) is 29.1 Å². The van der Waals surface area contributed by atoms with E-state index < -0.39 is 83.8 Å². The van der Waals surface area contributed by atoms with Gasteiger partial charge in [-0.15, -0.1) is 6.42 Å². The van der Waals surface area contributed by atoms with Crippen LogP contribution in [0.15, 0.2) is 19.0 Å². The summed E-state index contributed by atoms with van der Waals surface area (Å²) in [6.45, 7) is -1.88. The third-order valence-electron chi connectivity index (χ3n) is 6.78. The summed E-state index contributed by atoms with van der Waals surface area (Å²) in [6.07, 6.45) is -3.65. The first-order valence-corrected chi connectivity index (χ1v) is 15.6. The van der Waals surface area contributed by atoms with E-state index >= 15 is 0 Å². The van der Waals surface area contributed by atoms with Crippen molar-refractivity contribution in [2.24, 2.45) is 5.73 Å². The lowest BCUT2D eigenvalue weighted by Gasteiger charge is -2.20. The van der Waals surface area contributed by atoms with E-state index in [9.17, 15) is 44.1 Å². The Balaban J connectivity index is 1.17. The van der Waals surface area contributed by atoms with Crippen molar-refractivity contribution in [3.63, 3.8) is 0 Å². The molecule has 0 aromatic carbocycles. The number of phosphoric acid groups is 2. The Morgan fingerprint density at radius 1 is 0.911 bits per heavy atom. The number of ether oxygens (including phenoxy) is 2. The molecule has 2 unspecified atom stereocenters. The van der Waals surface area contributed by atoms with E-state index in [2.05, 4.69) is 34.7 Å². The van der Waals surface area contributed by atoms with Gasteiger partial charge in [0.05, 0.1) is 25.9 Å². The lowest BCUT2D eigenvalue weighted by molar-refractivity contribution is -0.0542. The van der Waals surface area contributed by atoms with Crippen molar-refractivity contribution in [1.29, 1.82) is 0 Å². The normalized spacial score (nSPS) is 31.0. The fourth-order valence-corrected chi connectivity index (χ4v) is 6.73. The van der Waals surface area contributed by atoms with Gasteiger partial charge in [0, 0.05) is 0 Å². The summed E-state index contributed by atoms with van der Waals surface area (Å²) in [6, 6.07) is 0. The Morgan fingerprint density at radius 3 is 1.98 bits per heavy atom. The molecule has 10 N–H and O–H groups in total. The zero-order chi connectivity index (χ0) is 32.8. The highest BCUT2D eigenvalue weighted by atomic mass is 31.3. The van der Waals surface area contributed by atoms with Crippen molar-refractivity contribution in [2.45, 2.75) is 49.1 Å². The highest BCUT2D eigenvalue weighted by molar-refractivity contribution is 7.61. The van der Waals surface area contributed by atoms with Gasteiger partial charge in [-0.3, -0.25) is 23.0 Å². The summed E-state index contributed by atoms with van der Waals surface area (Å²) in [5.41, 5.74) is 10.8. The number of hydrogen-bond donors (Lipinski definition) is 8. The third-order valence-corrected chi connectivity index (χ3v) is 9.39. The van der Waals surface area contributed by atoms with Crippen molar-refractivity contribution in [3.05, 3.63) is 30.4 Å². The van der Waals surface area contributed by atoms with E-state index in [1.165, 1.54) is 10.9 Å². The third kappa shape index (κ3) is 6.49. The van der Waals surface area contributed by atoms with Crippen LogP contribution < -0.4 is 11.5 Å². The first-order valence-electron chi connectivity index (χ1n) is 12.6. The number of rotatable bonds is 11. The average molecular weight is 676 g/mol. The SMILES string of the molecule is C#Cc1c(C(N)=O)ncn1[C@@H]1O[C@H](COP(=O)(O)OP(=O)(O)OC[C@H]2O[C@@H](n3cnc4c(N)ncnc43)[C@H](O)[C@@H]2O)[C@@H](O)[C@H]1O. The average Bonchev–Trinajstić information content (AvgIpc) is 3.72. The molecule has 10 atom stereocenters. The Morgan fingerprint density at radius 2 is 1.44 bits per heavy atom. The quantitative estimate of drug-likeness (QED) is 0.0735. The second kappa shape index (κ2) is 12.4. The number of terminal acetylenes is 1. The maximum atomic E-state index is 12.4. The van der Waals surface area contributed by atoms with Crippen LogP contribution >= 0.6 is 15.6 Å². The number of anilines is 1. The minimum atomic E-state index is -5.42. The number of hydrogen-bond acceptors (Lipinski definition) is 17. The highest BCUT2D eigenvalue weighted by Crippen LogP contribution is 2.60. The summed E-state index contributed by atoms with van der Waals surface area (Å²) in [5, 5.41) is 41.7. The van der Waals surface area contributed by atoms with Gasteiger partial charge >= 0.3 is 15.6 Å². The van der Waals surface area contributed by atoms with Crippen LogP contribution in [0.25, 0.3) is 11.2 Å². The molecular weight excluding hydrogens is 650 g/mol. The van der Waals surface area contributed by atoms with Crippen LogP contribution in [-0.2, 0) is 32.0 Å². The number of aliphatic hydroxyl groups is 4. The van der Waals surface area contributed by atoms with Crippen LogP contribution in [0.5, 0.6) is 0 Å². The topological polar surface area (TPSA) is 332 Å². The summed E-state index contributed by atoms with van der Waals surface area (Å²) in [4.78, 5) is 47.1. The fraction of sp³-hybridized carbons (Fsp3) is 0.476. The summed E-state index contributed by atoms with van der Waals surface area (Å²) >= 11 is 0. The number of carbonyl (C=O) groups is 1. The van der Waals surface area contributed by atoms with Gasteiger partial charge in [0.15, 0.2) is 29.6 Å². The molecule has 0 bridgehead atoms. The van der Waals surface area contributed by atoms with Gasteiger partial charge < -0.3 is 51.2 Å². The first kappa shape index (κ1) is 33.0. The Hall–Kier alpha value is -3.39. The number of primary amides is 1. The Labute approximate surface area is 251 Å². The number of aliphatic hydroxyl groups excluding tert-OH is 4. The number of carbonyl (C=O) groups excluding carboxylic acids is 1. The monoisotopic (exact) mass is 676 g/mol. The molecule has 5 heterocycles. The number of imidazole rings is 2. The van der Waals surface area contributed by atoms with E-state index in [1.54, 1.807) is 0 Å². The molecule has 2 aliphatic rings. The molecule has 22 nitrogen and oxygen atoms in total. The van der Waals surface area contributed by atoms with Crippen LogP contribution in [-0.4, -0.2) is 115 Å². The van der Waals surface area contributed by atoms with Crippen molar-refractivity contribution < 1.29 is 67.0 Å². The minimum absolute atomic E-state index is 0.0423. The second-order valence-corrected chi connectivity index (χ2v) is 12.7. The molecule has 0 radical (unpaired) electrons. The molecule has 24 heteroatoms. The molecule has 0 saturated carbocycles. The summed E-state index contributed by atoms with van der Waals surface area (Å²) in [7, 11) is -10.8. The van der Waals surface area contributed by atoms with Crippen LogP contribution in [0, 0.1) is 12.3 Å². The molecule has 0 aliphatic carbocycles. The number of nitrogens with two attached hydrogens (primary N) is 2. The molecule has 5 rings (SSSR count). The zero-order valence-electron chi connectivity index (χ0n) is 22.5. The minimum Gasteiger partial charge on any atom is -0.387 e. The smallest absolute Gasteiger partial charge is 0.387 e. The Bertz CT molecular complexity index is 1730. The molecule has 2 aliphatic heterocycles. The van der Waals surface area contributed by atoms with Gasteiger partial charge in [-0.2, -0.15) is 4.31 Å². The summed E-state index contributed by atoms with van der Waals surface area (Å²) in [5.74, 6) is 1.23. The number of amides is 1. The second-order valence-electron chi connectivity index (χ2n) is 9.64. The van der Waals surface area contributed by atoms with Crippen LogP contribution in [0.3, 0.4) is 0 Å². The van der Waals surface area contributed by atoms with Crippen LogP contribution in [0.4, 0.5) is 5.82 Å². The number of phosphoric ester groups is 2.